The van der Waals surface area contributed by atoms with Crippen LogP contribution in [0.15, 0.2) is 39.9 Å². The Morgan fingerprint density at radius 2 is 2.19 bits per heavy atom. The fraction of sp³-hybridized carbons (Fsp3) is 0.450. The maximum Gasteiger partial charge on any atom is 0.191 e. The van der Waals surface area contributed by atoms with E-state index in [1.807, 2.05) is 19.1 Å². The summed E-state index contributed by atoms with van der Waals surface area (Å²) in [5, 5.41) is 6.64. The van der Waals surface area contributed by atoms with Gasteiger partial charge in [0.2, 0.25) is 0 Å². The summed E-state index contributed by atoms with van der Waals surface area (Å²) >= 11 is 0. The van der Waals surface area contributed by atoms with Gasteiger partial charge in [-0.2, -0.15) is 0 Å². The average Bonchev–Trinajstić information content (AvgIpc) is 3.26. The summed E-state index contributed by atoms with van der Waals surface area (Å²) in [7, 11) is 1.76. The van der Waals surface area contributed by atoms with Crippen LogP contribution in [0.3, 0.4) is 0 Å². The minimum absolute atomic E-state index is 0. The highest BCUT2D eigenvalue weighted by Gasteiger charge is 2.21. The molecule has 0 spiro atoms. The Kier molecular flexibility index (Phi) is 8.27. The number of fused-ring (bicyclic) bond motifs is 1. The third-order valence-electron chi connectivity index (χ3n) is 4.29. The van der Waals surface area contributed by atoms with Gasteiger partial charge in [0.25, 0.3) is 0 Å². The van der Waals surface area contributed by atoms with Crippen LogP contribution in [0.2, 0.25) is 0 Å². The van der Waals surface area contributed by atoms with Crippen LogP contribution in [0, 0.1) is 0 Å². The summed E-state index contributed by atoms with van der Waals surface area (Å²) in [5.74, 6) is 3.56. The Morgan fingerprint density at radius 3 is 2.89 bits per heavy atom. The molecule has 0 saturated carbocycles. The van der Waals surface area contributed by atoms with E-state index in [0.29, 0.717) is 13.2 Å². The Bertz CT molecular complexity index is 747. The van der Waals surface area contributed by atoms with E-state index in [-0.39, 0.29) is 30.1 Å². The van der Waals surface area contributed by atoms with Crippen molar-refractivity contribution < 1.29 is 13.9 Å². The highest BCUT2D eigenvalue weighted by molar-refractivity contribution is 14.0. The maximum absolute atomic E-state index is 5.88. The van der Waals surface area contributed by atoms with E-state index in [0.717, 1.165) is 48.2 Å². The number of aliphatic imine (C=N–C) groups is 1. The van der Waals surface area contributed by atoms with Crippen molar-refractivity contribution >= 4 is 29.9 Å². The third-order valence-corrected chi connectivity index (χ3v) is 4.29. The van der Waals surface area contributed by atoms with Crippen LogP contribution in [0.1, 0.15) is 30.7 Å². The molecule has 2 aromatic rings. The van der Waals surface area contributed by atoms with Gasteiger partial charge in [-0.25, -0.2) is 0 Å². The fourth-order valence-corrected chi connectivity index (χ4v) is 3.07. The standard InChI is InChI=1S/C20H27N3O3.HI/c1-4-24-18-11-15-10-14(2)26-19(15)12-16(18)13-23-20(21-3)22-8-7-17-6-5-9-25-17;/h5-6,9,11-12,14H,4,7-8,10,13H2,1-3H3,(H2,21,22,23);1H. The number of benzene rings is 1. The first-order valence-electron chi connectivity index (χ1n) is 9.11. The van der Waals surface area contributed by atoms with E-state index in [1.54, 1.807) is 13.3 Å². The molecule has 1 aromatic carbocycles. The molecule has 0 radical (unpaired) electrons. The number of nitrogens with zero attached hydrogens (tertiary/aromatic N) is 1. The maximum atomic E-state index is 5.88. The Balaban J connectivity index is 0.00000261. The van der Waals surface area contributed by atoms with Crippen molar-refractivity contribution in [1.82, 2.24) is 10.6 Å². The molecule has 1 aliphatic heterocycles. The molecule has 7 heteroatoms. The summed E-state index contributed by atoms with van der Waals surface area (Å²) in [6, 6.07) is 8.05. The zero-order valence-electron chi connectivity index (χ0n) is 16.1. The first-order chi connectivity index (χ1) is 12.7. The van der Waals surface area contributed by atoms with E-state index < -0.39 is 0 Å². The lowest BCUT2D eigenvalue weighted by Crippen LogP contribution is -2.37. The quantitative estimate of drug-likeness (QED) is 0.357. The van der Waals surface area contributed by atoms with Crippen molar-refractivity contribution in [3.63, 3.8) is 0 Å². The van der Waals surface area contributed by atoms with Gasteiger partial charge in [-0.15, -0.1) is 24.0 Å². The number of ether oxygens (including phenoxy) is 2. The number of hydrogen-bond acceptors (Lipinski definition) is 4. The van der Waals surface area contributed by atoms with Crippen molar-refractivity contribution in [3.05, 3.63) is 47.4 Å². The van der Waals surface area contributed by atoms with Crippen molar-refractivity contribution in [2.45, 2.75) is 39.3 Å². The van der Waals surface area contributed by atoms with E-state index in [2.05, 4.69) is 34.7 Å². The van der Waals surface area contributed by atoms with Crippen LogP contribution in [0.25, 0.3) is 0 Å². The van der Waals surface area contributed by atoms with E-state index in [9.17, 15) is 0 Å². The van der Waals surface area contributed by atoms with Crippen LogP contribution in [0.4, 0.5) is 0 Å². The van der Waals surface area contributed by atoms with Crippen molar-refractivity contribution in [2.24, 2.45) is 4.99 Å². The topological polar surface area (TPSA) is 68.0 Å². The summed E-state index contributed by atoms with van der Waals surface area (Å²) in [5.41, 5.74) is 2.28. The van der Waals surface area contributed by atoms with Gasteiger partial charge >= 0.3 is 0 Å². The molecule has 27 heavy (non-hydrogen) atoms. The largest absolute Gasteiger partial charge is 0.494 e. The first-order valence-corrected chi connectivity index (χ1v) is 9.11. The van der Waals surface area contributed by atoms with Gasteiger partial charge < -0.3 is 24.5 Å². The van der Waals surface area contributed by atoms with Crippen molar-refractivity contribution in [1.29, 1.82) is 0 Å². The molecule has 0 aliphatic carbocycles. The zero-order valence-corrected chi connectivity index (χ0v) is 18.4. The predicted octanol–water partition coefficient (Wildman–Crippen LogP) is 3.53. The number of nitrogens with one attached hydrogen (secondary N) is 2. The van der Waals surface area contributed by atoms with Gasteiger partial charge in [-0.3, -0.25) is 4.99 Å². The lowest BCUT2D eigenvalue weighted by molar-refractivity contribution is 0.254. The second kappa shape index (κ2) is 10.4. The van der Waals surface area contributed by atoms with E-state index in [1.165, 1.54) is 5.56 Å². The van der Waals surface area contributed by atoms with Gasteiger partial charge in [0.05, 0.1) is 12.9 Å². The van der Waals surface area contributed by atoms with Gasteiger partial charge in [0, 0.05) is 44.1 Å². The molecule has 1 aliphatic rings. The molecular formula is C20H28IN3O3. The third kappa shape index (κ3) is 5.79. The lowest BCUT2D eigenvalue weighted by Gasteiger charge is -2.15. The number of rotatable bonds is 7. The molecule has 148 valence electrons. The van der Waals surface area contributed by atoms with Crippen LogP contribution < -0.4 is 20.1 Å². The van der Waals surface area contributed by atoms with E-state index >= 15 is 0 Å². The molecule has 0 fully saturated rings. The Morgan fingerprint density at radius 1 is 1.33 bits per heavy atom. The van der Waals surface area contributed by atoms with Gasteiger partial charge in [0.15, 0.2) is 5.96 Å². The normalized spacial score (nSPS) is 15.5. The van der Waals surface area contributed by atoms with Crippen LogP contribution in [0.5, 0.6) is 11.5 Å². The monoisotopic (exact) mass is 485 g/mol. The van der Waals surface area contributed by atoms with Gasteiger partial charge in [-0.05, 0) is 38.1 Å². The molecule has 6 nitrogen and oxygen atoms in total. The molecule has 3 rings (SSSR count). The minimum atomic E-state index is 0. The molecule has 0 amide bonds. The van der Waals surface area contributed by atoms with Crippen molar-refractivity contribution in [2.75, 3.05) is 20.2 Å². The molecule has 1 aromatic heterocycles. The van der Waals surface area contributed by atoms with Crippen LogP contribution in [-0.4, -0.2) is 32.3 Å². The Hall–Kier alpha value is -1.90. The second-order valence-electron chi connectivity index (χ2n) is 6.32. The molecule has 2 heterocycles. The van der Waals surface area contributed by atoms with Gasteiger partial charge in [-0.1, -0.05) is 0 Å². The molecule has 0 bridgehead atoms. The van der Waals surface area contributed by atoms with Crippen molar-refractivity contribution in [3.8, 4) is 11.5 Å². The summed E-state index contributed by atoms with van der Waals surface area (Å²) in [6.45, 7) is 6.08. The molecule has 1 unspecified atom stereocenters. The highest BCUT2D eigenvalue weighted by Crippen LogP contribution is 2.35. The summed E-state index contributed by atoms with van der Waals surface area (Å²) in [6.07, 6.45) is 3.65. The molecule has 1 atom stereocenters. The first kappa shape index (κ1) is 21.4. The average molecular weight is 485 g/mol. The van der Waals surface area contributed by atoms with E-state index in [4.69, 9.17) is 13.9 Å². The molecular weight excluding hydrogens is 457 g/mol. The zero-order chi connectivity index (χ0) is 18.4. The predicted molar refractivity (Wildman–Crippen MR) is 117 cm³/mol. The molecule has 0 saturated heterocycles. The summed E-state index contributed by atoms with van der Waals surface area (Å²) in [4.78, 5) is 4.27. The SMILES string of the molecule is CCOc1cc2c(cc1CNC(=NC)NCCc1ccco1)OC(C)C2.I. The number of halogens is 1. The number of guanidine groups is 1. The molecule has 2 N–H and O–H groups in total. The minimum Gasteiger partial charge on any atom is -0.494 e. The lowest BCUT2D eigenvalue weighted by atomic mass is 10.1. The van der Waals surface area contributed by atoms with Crippen LogP contribution >= 0.6 is 24.0 Å². The van der Waals surface area contributed by atoms with Gasteiger partial charge in [0.1, 0.15) is 23.4 Å². The number of hydrogen-bond donors (Lipinski definition) is 2. The smallest absolute Gasteiger partial charge is 0.191 e. The fourth-order valence-electron chi connectivity index (χ4n) is 3.07. The Labute approximate surface area is 177 Å². The highest BCUT2D eigenvalue weighted by atomic mass is 127. The number of furan rings is 1. The van der Waals surface area contributed by atoms with Crippen LogP contribution in [-0.2, 0) is 19.4 Å². The summed E-state index contributed by atoms with van der Waals surface area (Å²) < 4.78 is 17.0. The second-order valence-corrected chi connectivity index (χ2v) is 6.32.